The van der Waals surface area contributed by atoms with Crippen LogP contribution in [-0.2, 0) is 4.79 Å². The number of pyridine rings is 1. The van der Waals surface area contributed by atoms with E-state index in [1.54, 1.807) is 11.0 Å². The Kier molecular flexibility index (Phi) is 3.29. The normalized spacial score (nSPS) is 16.4. The van der Waals surface area contributed by atoms with Gasteiger partial charge in [0.1, 0.15) is 5.15 Å². The molecule has 0 spiro atoms. The quantitative estimate of drug-likeness (QED) is 0.577. The lowest BCUT2D eigenvalue weighted by molar-refractivity contribution is -0.118. The van der Waals surface area contributed by atoms with Crippen LogP contribution in [0.1, 0.15) is 5.69 Å². The Balaban J connectivity index is 2.11. The molecule has 0 unspecified atom stereocenters. The third kappa shape index (κ3) is 2.27. The predicted molar refractivity (Wildman–Crippen MR) is 63.8 cm³/mol. The third-order valence-corrected chi connectivity index (χ3v) is 3.04. The average molecular weight is 240 g/mol. The minimum Gasteiger partial charge on any atom is -0.367 e. The SMILES string of the molecule is Cc1nc(Cl)ccc1N1CCN(C=O)CC1. The first-order valence-corrected chi connectivity index (χ1v) is 5.66. The lowest BCUT2D eigenvalue weighted by Crippen LogP contribution is -2.46. The summed E-state index contributed by atoms with van der Waals surface area (Å²) in [5.74, 6) is 0. The number of carbonyl (C=O) groups excluding carboxylic acids is 1. The van der Waals surface area contributed by atoms with Gasteiger partial charge in [-0.1, -0.05) is 11.6 Å². The number of anilines is 1. The van der Waals surface area contributed by atoms with E-state index in [0.29, 0.717) is 5.15 Å². The molecule has 0 atom stereocenters. The number of rotatable bonds is 2. The summed E-state index contributed by atoms with van der Waals surface area (Å²) in [6.45, 7) is 5.19. The number of nitrogens with zero attached hydrogens (tertiary/aromatic N) is 3. The maximum atomic E-state index is 10.6. The monoisotopic (exact) mass is 239 g/mol. The van der Waals surface area contributed by atoms with E-state index in [9.17, 15) is 4.79 Å². The number of hydrogen-bond donors (Lipinski definition) is 0. The summed E-state index contributed by atoms with van der Waals surface area (Å²) in [6.07, 6.45) is 0.907. The summed E-state index contributed by atoms with van der Waals surface area (Å²) >= 11 is 5.82. The molecular formula is C11H14ClN3O. The van der Waals surface area contributed by atoms with E-state index in [1.807, 2.05) is 13.0 Å². The third-order valence-electron chi connectivity index (χ3n) is 2.83. The van der Waals surface area contributed by atoms with Crippen molar-refractivity contribution in [3.8, 4) is 0 Å². The molecule has 0 aromatic carbocycles. The summed E-state index contributed by atoms with van der Waals surface area (Å²) in [5.41, 5.74) is 2.04. The van der Waals surface area contributed by atoms with Crippen LogP contribution in [0.25, 0.3) is 0 Å². The molecule has 0 saturated carbocycles. The second-order valence-electron chi connectivity index (χ2n) is 3.87. The van der Waals surface area contributed by atoms with Crippen molar-refractivity contribution in [2.24, 2.45) is 0 Å². The van der Waals surface area contributed by atoms with Crippen LogP contribution in [0.15, 0.2) is 12.1 Å². The highest BCUT2D eigenvalue weighted by Crippen LogP contribution is 2.21. The van der Waals surface area contributed by atoms with Crippen LogP contribution in [0.5, 0.6) is 0 Å². The highest BCUT2D eigenvalue weighted by Gasteiger charge is 2.17. The molecule has 86 valence electrons. The molecule has 1 aromatic rings. The fourth-order valence-electron chi connectivity index (χ4n) is 1.93. The van der Waals surface area contributed by atoms with E-state index in [4.69, 9.17) is 11.6 Å². The minimum absolute atomic E-state index is 0.521. The van der Waals surface area contributed by atoms with E-state index in [0.717, 1.165) is 44.0 Å². The zero-order chi connectivity index (χ0) is 11.5. The average Bonchev–Trinajstić information content (AvgIpc) is 2.29. The molecule has 5 heteroatoms. The number of aryl methyl sites for hydroxylation is 1. The highest BCUT2D eigenvalue weighted by molar-refractivity contribution is 6.29. The first-order chi connectivity index (χ1) is 7.70. The fraction of sp³-hybridized carbons (Fsp3) is 0.455. The highest BCUT2D eigenvalue weighted by atomic mass is 35.5. The van der Waals surface area contributed by atoms with Crippen LogP contribution in [0.4, 0.5) is 5.69 Å². The Morgan fingerprint density at radius 2 is 2.00 bits per heavy atom. The van der Waals surface area contributed by atoms with Gasteiger partial charge in [0.05, 0.1) is 11.4 Å². The van der Waals surface area contributed by atoms with Gasteiger partial charge in [-0.15, -0.1) is 0 Å². The van der Waals surface area contributed by atoms with Crippen molar-refractivity contribution in [1.29, 1.82) is 0 Å². The maximum Gasteiger partial charge on any atom is 0.209 e. The molecule has 0 N–H and O–H groups in total. The van der Waals surface area contributed by atoms with Crippen molar-refractivity contribution in [2.45, 2.75) is 6.92 Å². The predicted octanol–water partition coefficient (Wildman–Crippen LogP) is 1.32. The molecule has 1 fully saturated rings. The van der Waals surface area contributed by atoms with Crippen LogP contribution < -0.4 is 4.90 Å². The van der Waals surface area contributed by atoms with E-state index < -0.39 is 0 Å². The minimum atomic E-state index is 0.521. The van der Waals surface area contributed by atoms with Gasteiger partial charge in [0, 0.05) is 26.2 Å². The van der Waals surface area contributed by atoms with E-state index in [2.05, 4.69) is 9.88 Å². The van der Waals surface area contributed by atoms with Gasteiger partial charge < -0.3 is 9.80 Å². The Hall–Kier alpha value is -1.29. The molecule has 1 amide bonds. The maximum absolute atomic E-state index is 10.6. The number of amides is 1. The Bertz CT molecular complexity index is 389. The zero-order valence-electron chi connectivity index (χ0n) is 9.19. The van der Waals surface area contributed by atoms with Gasteiger partial charge in [0.25, 0.3) is 0 Å². The van der Waals surface area contributed by atoms with Crippen molar-refractivity contribution in [2.75, 3.05) is 31.1 Å². The zero-order valence-corrected chi connectivity index (χ0v) is 9.94. The second-order valence-corrected chi connectivity index (χ2v) is 4.25. The summed E-state index contributed by atoms with van der Waals surface area (Å²) in [6, 6.07) is 3.79. The van der Waals surface area contributed by atoms with Crippen molar-refractivity contribution in [3.05, 3.63) is 23.0 Å². The number of aromatic nitrogens is 1. The van der Waals surface area contributed by atoms with Crippen molar-refractivity contribution >= 4 is 23.7 Å². The van der Waals surface area contributed by atoms with Crippen molar-refractivity contribution in [1.82, 2.24) is 9.88 Å². The molecule has 1 aromatic heterocycles. The van der Waals surface area contributed by atoms with E-state index in [1.165, 1.54) is 0 Å². The number of hydrogen-bond acceptors (Lipinski definition) is 3. The van der Waals surface area contributed by atoms with E-state index >= 15 is 0 Å². The molecule has 16 heavy (non-hydrogen) atoms. The summed E-state index contributed by atoms with van der Waals surface area (Å²) < 4.78 is 0. The van der Waals surface area contributed by atoms with Crippen LogP contribution in [0.2, 0.25) is 5.15 Å². The molecular weight excluding hydrogens is 226 g/mol. The lowest BCUT2D eigenvalue weighted by atomic mass is 10.2. The van der Waals surface area contributed by atoms with Gasteiger partial charge in [0.15, 0.2) is 0 Å². The van der Waals surface area contributed by atoms with Crippen LogP contribution >= 0.6 is 11.6 Å². The van der Waals surface area contributed by atoms with Crippen molar-refractivity contribution in [3.63, 3.8) is 0 Å². The van der Waals surface area contributed by atoms with Gasteiger partial charge in [0.2, 0.25) is 6.41 Å². The summed E-state index contributed by atoms with van der Waals surface area (Å²) in [7, 11) is 0. The molecule has 1 aliphatic rings. The molecule has 4 nitrogen and oxygen atoms in total. The molecule has 0 bridgehead atoms. The Morgan fingerprint density at radius 1 is 1.31 bits per heavy atom. The second kappa shape index (κ2) is 4.70. The Labute approximate surface area is 99.8 Å². The topological polar surface area (TPSA) is 36.4 Å². The van der Waals surface area contributed by atoms with Gasteiger partial charge in [-0.3, -0.25) is 4.79 Å². The number of halogens is 1. The molecule has 1 aliphatic heterocycles. The van der Waals surface area contributed by atoms with Gasteiger partial charge >= 0.3 is 0 Å². The largest absolute Gasteiger partial charge is 0.367 e. The standard InChI is InChI=1S/C11H14ClN3O/c1-9-10(2-3-11(12)13-9)15-6-4-14(8-16)5-7-15/h2-3,8H,4-7H2,1H3. The van der Waals surface area contributed by atoms with Gasteiger partial charge in [-0.2, -0.15) is 0 Å². The first kappa shape index (κ1) is 11.2. The summed E-state index contributed by atoms with van der Waals surface area (Å²) in [4.78, 5) is 18.8. The molecule has 1 saturated heterocycles. The first-order valence-electron chi connectivity index (χ1n) is 5.28. The fourth-order valence-corrected chi connectivity index (χ4v) is 2.12. The van der Waals surface area contributed by atoms with Gasteiger partial charge in [-0.05, 0) is 19.1 Å². The molecule has 0 radical (unpaired) electrons. The van der Waals surface area contributed by atoms with Gasteiger partial charge in [-0.25, -0.2) is 4.98 Å². The molecule has 2 rings (SSSR count). The summed E-state index contributed by atoms with van der Waals surface area (Å²) in [5, 5.41) is 0.521. The van der Waals surface area contributed by atoms with Crippen LogP contribution in [-0.4, -0.2) is 42.5 Å². The number of carbonyl (C=O) groups is 1. The smallest absolute Gasteiger partial charge is 0.209 e. The van der Waals surface area contributed by atoms with Crippen LogP contribution in [0.3, 0.4) is 0 Å². The number of piperazine rings is 1. The van der Waals surface area contributed by atoms with Crippen LogP contribution in [0, 0.1) is 6.92 Å². The molecule has 0 aliphatic carbocycles. The van der Waals surface area contributed by atoms with Crippen molar-refractivity contribution < 1.29 is 4.79 Å². The van der Waals surface area contributed by atoms with E-state index in [-0.39, 0.29) is 0 Å². The lowest BCUT2D eigenvalue weighted by Gasteiger charge is -2.34. The Morgan fingerprint density at radius 3 is 2.56 bits per heavy atom. The molecule has 2 heterocycles.